The van der Waals surface area contributed by atoms with E-state index >= 15 is 0 Å². The number of hydrogen-bond acceptors (Lipinski definition) is 6. The van der Waals surface area contributed by atoms with Crippen molar-refractivity contribution in [3.8, 4) is 35.0 Å². The molecule has 0 bridgehead atoms. The highest BCUT2D eigenvalue weighted by Gasteiger charge is 2.42. The maximum Gasteiger partial charge on any atom is 0.246 e. The number of para-hydroxylation sites is 1. The molecule has 9 nitrogen and oxygen atoms in total. The lowest BCUT2D eigenvalue weighted by Gasteiger charge is -2.35. The molecule has 232 valence electrons. The lowest BCUT2D eigenvalue weighted by molar-refractivity contribution is -0.141. The zero-order valence-electron chi connectivity index (χ0n) is 26.6. The van der Waals surface area contributed by atoms with Crippen LogP contribution in [0, 0.1) is 29.1 Å². The highest BCUT2D eigenvalue weighted by Crippen LogP contribution is 2.39. The molecule has 1 aromatic carbocycles. The first-order chi connectivity index (χ1) is 21.1. The predicted octanol–water partition coefficient (Wildman–Crippen LogP) is 5.40. The van der Waals surface area contributed by atoms with E-state index in [-0.39, 0.29) is 29.7 Å². The van der Waals surface area contributed by atoms with Crippen LogP contribution >= 0.6 is 0 Å². The normalized spacial score (nSPS) is 16.0. The number of nitrogens with one attached hydrogen (secondary N) is 3. The Bertz CT molecular complexity index is 1620. The fraction of sp³-hybridized carbons (Fsp3) is 0.486. The molecular weight excluding hydrogens is 554 g/mol. The van der Waals surface area contributed by atoms with E-state index in [2.05, 4.69) is 39.3 Å². The number of nitrogens with zero attached hydrogens (tertiary/aromatic N) is 2. The van der Waals surface area contributed by atoms with E-state index in [0.717, 1.165) is 29.3 Å². The third-order valence-electron chi connectivity index (χ3n) is 7.91. The zero-order valence-corrected chi connectivity index (χ0v) is 26.6. The van der Waals surface area contributed by atoms with Crippen LogP contribution in [0.3, 0.4) is 0 Å². The van der Waals surface area contributed by atoms with E-state index in [9.17, 15) is 14.4 Å². The number of aromatic nitrogens is 2. The molecule has 3 heterocycles. The van der Waals surface area contributed by atoms with Gasteiger partial charge in [-0.3, -0.25) is 14.4 Å². The Hall–Kier alpha value is -4.34. The van der Waals surface area contributed by atoms with Crippen LogP contribution in [0.2, 0.25) is 0 Å². The van der Waals surface area contributed by atoms with Crippen LogP contribution < -0.4 is 10.6 Å². The second kappa shape index (κ2) is 14.4. The van der Waals surface area contributed by atoms with Gasteiger partial charge in [-0.2, -0.15) is 0 Å². The van der Waals surface area contributed by atoms with Crippen molar-refractivity contribution in [1.82, 2.24) is 25.5 Å². The number of likely N-dealkylation sites (tertiary alicyclic amines) is 1. The standard InChI is InChI=1S/C35H43N5O4/c1-7-8-9-10-11-12-13-20-28(41)29-30(25-22-37-26-18-15-14-17-24(25)26)44-33(38-29)27-19-16-21-40(27)34(43)31(35(3,4)5)39-32(42)23(2)36-6/h14-15,17-18,22-23,27,31,36-37H,7,12-13,16,19-21H2,1-6H3,(H,39,42)/t23-,27-,31+/m0/s1. The second-order valence-electron chi connectivity index (χ2n) is 12.2. The number of aromatic amines is 1. The van der Waals surface area contributed by atoms with Crippen LogP contribution in [0.4, 0.5) is 0 Å². The average Bonchev–Trinajstić information content (AvgIpc) is 3.76. The molecule has 2 amide bonds. The van der Waals surface area contributed by atoms with E-state index < -0.39 is 23.5 Å². The van der Waals surface area contributed by atoms with Crippen molar-refractivity contribution in [1.29, 1.82) is 0 Å². The van der Waals surface area contributed by atoms with Crippen LogP contribution in [0.15, 0.2) is 34.9 Å². The number of benzene rings is 1. The van der Waals surface area contributed by atoms with E-state index in [4.69, 9.17) is 9.40 Å². The number of H-pyrrole nitrogens is 1. The summed E-state index contributed by atoms with van der Waals surface area (Å²) in [6, 6.07) is 6.15. The minimum atomic E-state index is -0.751. The smallest absolute Gasteiger partial charge is 0.246 e. The summed E-state index contributed by atoms with van der Waals surface area (Å²) in [5.41, 5.74) is 1.38. The van der Waals surface area contributed by atoms with Crippen molar-refractivity contribution in [2.45, 2.75) is 91.3 Å². The fourth-order valence-electron chi connectivity index (χ4n) is 5.31. The summed E-state index contributed by atoms with van der Waals surface area (Å²) >= 11 is 0. The Balaban J connectivity index is 1.66. The minimum absolute atomic E-state index is 0.140. The van der Waals surface area contributed by atoms with Crippen molar-refractivity contribution in [3.05, 3.63) is 42.0 Å². The third kappa shape index (κ3) is 7.41. The summed E-state index contributed by atoms with van der Waals surface area (Å²) in [5, 5.41) is 6.80. The average molecular weight is 598 g/mol. The molecule has 1 aliphatic rings. The second-order valence-corrected chi connectivity index (χ2v) is 12.2. The molecule has 0 unspecified atom stereocenters. The number of unbranched alkanes of at least 4 members (excludes halogenated alkanes) is 1. The minimum Gasteiger partial charge on any atom is -0.438 e. The molecule has 9 heteroatoms. The highest BCUT2D eigenvalue weighted by molar-refractivity contribution is 6.04. The quantitative estimate of drug-likeness (QED) is 0.164. The van der Waals surface area contributed by atoms with Gasteiger partial charge < -0.3 is 24.9 Å². The predicted molar refractivity (Wildman–Crippen MR) is 171 cm³/mol. The molecule has 3 N–H and O–H groups in total. The summed E-state index contributed by atoms with van der Waals surface area (Å²) in [5.74, 6) is 11.7. The number of oxazole rings is 1. The van der Waals surface area contributed by atoms with Crippen LogP contribution in [-0.2, 0) is 9.59 Å². The Morgan fingerprint density at radius 2 is 1.93 bits per heavy atom. The molecule has 44 heavy (non-hydrogen) atoms. The number of Topliss-reactive ketones (excluding diaryl/α,β-unsaturated/α-hetero) is 1. The topological polar surface area (TPSA) is 120 Å². The van der Waals surface area contributed by atoms with Gasteiger partial charge >= 0.3 is 0 Å². The van der Waals surface area contributed by atoms with Crippen molar-refractivity contribution in [3.63, 3.8) is 0 Å². The Morgan fingerprint density at radius 1 is 1.18 bits per heavy atom. The first-order valence-corrected chi connectivity index (χ1v) is 15.4. The number of ketones is 1. The van der Waals surface area contributed by atoms with E-state index in [1.54, 1.807) is 18.9 Å². The summed E-state index contributed by atoms with van der Waals surface area (Å²) in [7, 11) is 1.71. The SMILES string of the molecule is CCC#CC#CCCCC(=O)c1nc([C@@H]2CCCN2C(=O)[C@@H](NC(=O)[C@H](C)NC)C(C)(C)C)oc1-c1c[nH]c2ccccc12. The number of fused-ring (bicyclic) bond motifs is 1. The Morgan fingerprint density at radius 3 is 2.66 bits per heavy atom. The highest BCUT2D eigenvalue weighted by atomic mass is 16.4. The van der Waals surface area contributed by atoms with Gasteiger partial charge in [0.15, 0.2) is 17.2 Å². The molecule has 3 atom stereocenters. The molecule has 1 saturated heterocycles. The number of carbonyl (C=O) groups is 3. The van der Waals surface area contributed by atoms with Gasteiger partial charge in [0.2, 0.25) is 17.7 Å². The Labute approximate surface area is 259 Å². The molecule has 2 aromatic heterocycles. The van der Waals surface area contributed by atoms with Gasteiger partial charge in [-0.1, -0.05) is 57.7 Å². The molecule has 1 fully saturated rings. The van der Waals surface area contributed by atoms with Crippen LogP contribution in [0.1, 0.15) is 95.6 Å². The summed E-state index contributed by atoms with van der Waals surface area (Å²) < 4.78 is 6.44. The number of amides is 2. The molecule has 1 aliphatic heterocycles. The van der Waals surface area contributed by atoms with Gasteiger partial charge in [0.25, 0.3) is 0 Å². The largest absolute Gasteiger partial charge is 0.438 e. The Kier molecular flexibility index (Phi) is 10.7. The van der Waals surface area contributed by atoms with Gasteiger partial charge in [-0.05, 0) is 56.6 Å². The maximum absolute atomic E-state index is 14.0. The number of rotatable bonds is 10. The summed E-state index contributed by atoms with van der Waals surface area (Å²) in [6.07, 6.45) is 5.35. The van der Waals surface area contributed by atoms with Crippen molar-refractivity contribution in [2.75, 3.05) is 13.6 Å². The van der Waals surface area contributed by atoms with E-state index in [1.165, 1.54) is 0 Å². The summed E-state index contributed by atoms with van der Waals surface area (Å²) in [6.45, 7) is 10.0. The lowest BCUT2D eigenvalue weighted by atomic mass is 9.85. The molecule has 3 aromatic rings. The van der Waals surface area contributed by atoms with Gasteiger partial charge in [0, 0.05) is 48.5 Å². The molecular formula is C35H43N5O4. The van der Waals surface area contributed by atoms with Crippen LogP contribution in [0.5, 0.6) is 0 Å². The van der Waals surface area contributed by atoms with Crippen LogP contribution in [0.25, 0.3) is 22.2 Å². The number of hydrogen-bond donors (Lipinski definition) is 3. The molecule has 0 radical (unpaired) electrons. The van der Waals surface area contributed by atoms with Crippen LogP contribution in [-0.4, -0.2) is 58.1 Å². The van der Waals surface area contributed by atoms with Crippen molar-refractivity contribution < 1.29 is 18.8 Å². The monoisotopic (exact) mass is 597 g/mol. The first-order valence-electron chi connectivity index (χ1n) is 15.4. The zero-order chi connectivity index (χ0) is 31.9. The first kappa shape index (κ1) is 32.6. The lowest BCUT2D eigenvalue weighted by Crippen LogP contribution is -2.57. The third-order valence-corrected chi connectivity index (χ3v) is 7.91. The number of carbonyl (C=O) groups excluding carboxylic acids is 3. The van der Waals surface area contributed by atoms with Gasteiger partial charge in [-0.25, -0.2) is 4.98 Å². The molecule has 0 aliphatic carbocycles. The summed E-state index contributed by atoms with van der Waals surface area (Å²) in [4.78, 5) is 50.2. The van der Waals surface area contributed by atoms with Gasteiger partial charge in [0.05, 0.1) is 6.04 Å². The van der Waals surface area contributed by atoms with Crippen molar-refractivity contribution >= 4 is 28.5 Å². The maximum atomic E-state index is 14.0. The number of likely N-dealkylation sites (N-methyl/N-ethyl adjacent to an activating group) is 1. The van der Waals surface area contributed by atoms with Crippen molar-refractivity contribution in [2.24, 2.45) is 5.41 Å². The molecule has 0 spiro atoms. The van der Waals surface area contributed by atoms with Gasteiger partial charge in [0.1, 0.15) is 12.1 Å². The van der Waals surface area contributed by atoms with Gasteiger partial charge in [-0.15, -0.1) is 0 Å². The van der Waals surface area contributed by atoms with E-state index in [1.807, 2.05) is 58.2 Å². The van der Waals surface area contributed by atoms with E-state index in [0.29, 0.717) is 37.5 Å². The fourth-order valence-corrected chi connectivity index (χ4v) is 5.31. The molecule has 0 saturated carbocycles. The molecule has 4 rings (SSSR count).